The van der Waals surface area contributed by atoms with Gasteiger partial charge in [-0.2, -0.15) is 5.10 Å². The van der Waals surface area contributed by atoms with Gasteiger partial charge in [0.2, 0.25) is 5.91 Å². The average Bonchev–Trinajstić information content (AvgIpc) is 2.87. The predicted molar refractivity (Wildman–Crippen MR) is 144 cm³/mol. The highest BCUT2D eigenvalue weighted by atomic mass is 16.2. The third-order valence-electron chi connectivity index (χ3n) is 9.69. The standard InChI is InChI=1S/C30H42N4O2/c1-20(2)22-6-8-24-23(18-22)7-9-25-29(3,14-5-15-30(24,25)4)19-31-28(36)21-12-16-34(17-13-21)26-10-11-27(35)33-32-26/h6,8,10-11,18,20-21,25H,5,7,9,12-17,19H2,1-4H3,(H,31,36)(H,33,35)/t25-,29-,30+/m0/s1. The van der Waals surface area contributed by atoms with Gasteiger partial charge in [-0.25, -0.2) is 5.10 Å². The van der Waals surface area contributed by atoms with Crippen molar-refractivity contribution in [3.8, 4) is 0 Å². The van der Waals surface area contributed by atoms with Crippen LogP contribution in [0.4, 0.5) is 5.82 Å². The number of carbonyl (C=O) groups is 1. The van der Waals surface area contributed by atoms with E-state index in [2.05, 4.69) is 66.3 Å². The van der Waals surface area contributed by atoms with E-state index in [1.54, 1.807) is 17.2 Å². The minimum atomic E-state index is -0.193. The van der Waals surface area contributed by atoms with Crippen LogP contribution in [0.25, 0.3) is 0 Å². The van der Waals surface area contributed by atoms with Crippen LogP contribution in [0.2, 0.25) is 0 Å². The largest absolute Gasteiger partial charge is 0.355 e. The Morgan fingerprint density at radius 2 is 1.92 bits per heavy atom. The zero-order chi connectivity index (χ0) is 25.5. The Morgan fingerprint density at radius 3 is 2.61 bits per heavy atom. The molecule has 1 amide bonds. The molecule has 1 saturated heterocycles. The molecule has 6 heteroatoms. The van der Waals surface area contributed by atoms with Crippen molar-refractivity contribution >= 4 is 11.7 Å². The highest BCUT2D eigenvalue weighted by Crippen LogP contribution is 2.57. The molecule has 6 nitrogen and oxygen atoms in total. The Balaban J connectivity index is 1.22. The molecule has 2 heterocycles. The summed E-state index contributed by atoms with van der Waals surface area (Å²) in [6.07, 6.45) is 7.63. The number of benzene rings is 1. The Bertz CT molecular complexity index is 1150. The Labute approximate surface area is 215 Å². The highest BCUT2D eigenvalue weighted by molar-refractivity contribution is 5.79. The number of carbonyl (C=O) groups excluding carboxylic acids is 1. The molecule has 1 saturated carbocycles. The van der Waals surface area contributed by atoms with E-state index < -0.39 is 0 Å². The minimum Gasteiger partial charge on any atom is -0.355 e. The predicted octanol–water partition coefficient (Wildman–Crippen LogP) is 4.94. The average molecular weight is 491 g/mol. The van der Waals surface area contributed by atoms with Crippen LogP contribution in [0.1, 0.15) is 88.8 Å². The van der Waals surface area contributed by atoms with Crippen LogP contribution in [0.15, 0.2) is 35.1 Å². The molecule has 3 atom stereocenters. The number of nitrogens with zero attached hydrogens (tertiary/aromatic N) is 2. The molecule has 0 spiro atoms. The van der Waals surface area contributed by atoms with Gasteiger partial charge in [-0.1, -0.05) is 52.3 Å². The van der Waals surface area contributed by atoms with Gasteiger partial charge in [-0.05, 0) is 83.9 Å². The van der Waals surface area contributed by atoms with Gasteiger partial charge in [-0.15, -0.1) is 0 Å². The second kappa shape index (κ2) is 9.68. The molecular formula is C30H42N4O2. The van der Waals surface area contributed by atoms with Crippen molar-refractivity contribution in [1.29, 1.82) is 0 Å². The molecule has 2 fully saturated rings. The number of hydrogen-bond donors (Lipinski definition) is 2. The molecule has 2 N–H and O–H groups in total. The molecule has 5 rings (SSSR count). The van der Waals surface area contributed by atoms with Crippen molar-refractivity contribution in [3.05, 3.63) is 57.4 Å². The van der Waals surface area contributed by atoms with E-state index in [9.17, 15) is 9.59 Å². The number of anilines is 1. The van der Waals surface area contributed by atoms with E-state index in [-0.39, 0.29) is 28.2 Å². The van der Waals surface area contributed by atoms with Crippen molar-refractivity contribution in [3.63, 3.8) is 0 Å². The lowest BCUT2D eigenvalue weighted by Gasteiger charge is -2.55. The molecule has 1 aromatic carbocycles. The topological polar surface area (TPSA) is 78.1 Å². The quantitative estimate of drug-likeness (QED) is 0.623. The molecule has 2 aromatic rings. The lowest BCUT2D eigenvalue weighted by atomic mass is 9.49. The normalized spacial score (nSPS) is 28.5. The van der Waals surface area contributed by atoms with Crippen molar-refractivity contribution < 1.29 is 4.79 Å². The SMILES string of the molecule is CC(C)c1ccc2c(c1)CC[C@H]1[C@](C)(CNC(=O)C3CCN(c4ccc(=O)[nH]n4)CC3)CCC[C@]21C. The van der Waals surface area contributed by atoms with Crippen LogP contribution in [0.3, 0.4) is 0 Å². The van der Waals surface area contributed by atoms with Crippen LogP contribution < -0.4 is 15.8 Å². The fraction of sp³-hybridized carbons (Fsp3) is 0.633. The van der Waals surface area contributed by atoms with Gasteiger partial charge < -0.3 is 10.2 Å². The summed E-state index contributed by atoms with van der Waals surface area (Å²) in [6.45, 7) is 11.8. The Kier molecular flexibility index (Phi) is 6.73. The highest BCUT2D eigenvalue weighted by Gasteiger charge is 2.51. The summed E-state index contributed by atoms with van der Waals surface area (Å²) in [5, 5.41) is 10.0. The smallest absolute Gasteiger partial charge is 0.264 e. The van der Waals surface area contributed by atoms with Crippen molar-refractivity contribution in [2.24, 2.45) is 17.3 Å². The number of amides is 1. The van der Waals surface area contributed by atoms with Gasteiger partial charge in [0.25, 0.3) is 5.56 Å². The second-order valence-corrected chi connectivity index (χ2v) is 12.3. The molecule has 2 aliphatic carbocycles. The number of hydrogen-bond acceptors (Lipinski definition) is 4. The minimum absolute atomic E-state index is 0.0455. The summed E-state index contributed by atoms with van der Waals surface area (Å²) in [4.78, 5) is 26.7. The fourth-order valence-electron chi connectivity index (χ4n) is 7.53. The zero-order valence-electron chi connectivity index (χ0n) is 22.4. The Morgan fingerprint density at radius 1 is 1.14 bits per heavy atom. The van der Waals surface area contributed by atoms with Gasteiger partial charge >= 0.3 is 0 Å². The monoisotopic (exact) mass is 490 g/mol. The van der Waals surface area contributed by atoms with E-state index in [1.807, 2.05) is 0 Å². The van der Waals surface area contributed by atoms with Crippen LogP contribution in [0.5, 0.6) is 0 Å². The van der Waals surface area contributed by atoms with Crippen LogP contribution in [-0.2, 0) is 16.6 Å². The van der Waals surface area contributed by atoms with E-state index in [4.69, 9.17) is 0 Å². The maximum absolute atomic E-state index is 13.2. The molecule has 0 unspecified atom stereocenters. The molecular weight excluding hydrogens is 448 g/mol. The van der Waals surface area contributed by atoms with E-state index in [1.165, 1.54) is 37.3 Å². The summed E-state index contributed by atoms with van der Waals surface area (Å²) >= 11 is 0. The zero-order valence-corrected chi connectivity index (χ0v) is 22.4. The van der Waals surface area contributed by atoms with Gasteiger partial charge in [0.05, 0.1) is 0 Å². The molecule has 3 aliphatic rings. The summed E-state index contributed by atoms with van der Waals surface area (Å²) in [7, 11) is 0. The van der Waals surface area contributed by atoms with Crippen molar-refractivity contribution in [2.45, 2.75) is 84.0 Å². The molecule has 36 heavy (non-hydrogen) atoms. The van der Waals surface area contributed by atoms with Gasteiger partial charge in [0.15, 0.2) is 0 Å². The summed E-state index contributed by atoms with van der Waals surface area (Å²) in [6, 6.07) is 10.5. The van der Waals surface area contributed by atoms with Crippen molar-refractivity contribution in [2.75, 3.05) is 24.5 Å². The van der Waals surface area contributed by atoms with Gasteiger partial charge in [-0.3, -0.25) is 9.59 Å². The molecule has 1 aromatic heterocycles. The third kappa shape index (κ3) is 4.59. The van der Waals surface area contributed by atoms with E-state index in [0.717, 1.165) is 44.7 Å². The second-order valence-electron chi connectivity index (χ2n) is 12.3. The lowest BCUT2D eigenvalue weighted by molar-refractivity contribution is -0.126. The lowest BCUT2D eigenvalue weighted by Crippen LogP contribution is -2.54. The number of aromatic nitrogens is 2. The maximum Gasteiger partial charge on any atom is 0.264 e. The number of fused-ring (bicyclic) bond motifs is 3. The molecule has 0 radical (unpaired) electrons. The van der Waals surface area contributed by atoms with Crippen LogP contribution in [0, 0.1) is 17.3 Å². The number of rotatable bonds is 5. The first-order valence-electron chi connectivity index (χ1n) is 13.9. The first-order valence-corrected chi connectivity index (χ1v) is 13.9. The first kappa shape index (κ1) is 25.0. The number of aromatic amines is 1. The number of H-pyrrole nitrogens is 1. The number of piperidine rings is 1. The summed E-state index contributed by atoms with van der Waals surface area (Å²) in [5.41, 5.74) is 4.68. The molecule has 0 bridgehead atoms. The van der Waals surface area contributed by atoms with Crippen LogP contribution in [-0.4, -0.2) is 35.7 Å². The third-order valence-corrected chi connectivity index (χ3v) is 9.69. The van der Waals surface area contributed by atoms with Crippen LogP contribution >= 0.6 is 0 Å². The van der Waals surface area contributed by atoms with Gasteiger partial charge in [0, 0.05) is 31.6 Å². The molecule has 194 valence electrons. The fourth-order valence-corrected chi connectivity index (χ4v) is 7.53. The number of aryl methyl sites for hydroxylation is 1. The summed E-state index contributed by atoms with van der Waals surface area (Å²) in [5.74, 6) is 2.18. The van der Waals surface area contributed by atoms with Gasteiger partial charge in [0.1, 0.15) is 5.82 Å². The summed E-state index contributed by atoms with van der Waals surface area (Å²) < 4.78 is 0. The molecule has 1 aliphatic heterocycles. The van der Waals surface area contributed by atoms with Crippen molar-refractivity contribution in [1.82, 2.24) is 15.5 Å². The Hall–Kier alpha value is -2.63. The van der Waals surface area contributed by atoms with E-state index in [0.29, 0.717) is 11.8 Å². The maximum atomic E-state index is 13.2. The number of nitrogens with one attached hydrogen (secondary N) is 2. The van der Waals surface area contributed by atoms with E-state index >= 15 is 0 Å². The first-order chi connectivity index (χ1) is 17.2.